The zero-order valence-electron chi connectivity index (χ0n) is 11.4. The van der Waals surface area contributed by atoms with Crippen molar-refractivity contribution in [1.29, 1.82) is 0 Å². The second-order valence-corrected chi connectivity index (χ2v) is 4.05. The Hall–Kier alpha value is -1.59. The number of nitrogens with one attached hydrogen (secondary N) is 1. The third-order valence-electron chi connectivity index (χ3n) is 2.65. The van der Waals surface area contributed by atoms with Gasteiger partial charge in [0.15, 0.2) is 0 Å². The number of rotatable bonds is 8. The smallest absolute Gasteiger partial charge is 0.307 e. The Kier molecular flexibility index (Phi) is 6.92. The third kappa shape index (κ3) is 5.72. The summed E-state index contributed by atoms with van der Waals surface area (Å²) in [6, 6.07) is 7.24. The van der Waals surface area contributed by atoms with Gasteiger partial charge in [0.25, 0.3) is 0 Å². The zero-order valence-corrected chi connectivity index (χ0v) is 11.4. The van der Waals surface area contributed by atoms with E-state index < -0.39 is 6.10 Å². The predicted molar refractivity (Wildman–Crippen MR) is 72.1 cm³/mol. The number of aliphatic hydroxyl groups is 1. The highest BCUT2D eigenvalue weighted by molar-refractivity contribution is 5.69. The fraction of sp³-hybridized carbons (Fsp3) is 0.500. The molecule has 2 N–H and O–H groups in total. The van der Waals surface area contributed by atoms with Gasteiger partial charge >= 0.3 is 5.97 Å². The molecule has 0 aliphatic carbocycles. The molecule has 1 atom stereocenters. The van der Waals surface area contributed by atoms with Crippen LogP contribution in [0.15, 0.2) is 24.3 Å². The van der Waals surface area contributed by atoms with Crippen LogP contribution >= 0.6 is 0 Å². The predicted octanol–water partition coefficient (Wildman–Crippen LogP) is 1.27. The van der Waals surface area contributed by atoms with Gasteiger partial charge < -0.3 is 19.9 Å². The summed E-state index contributed by atoms with van der Waals surface area (Å²) in [6.45, 7) is 3.06. The Bertz CT molecular complexity index is 378. The third-order valence-corrected chi connectivity index (χ3v) is 2.65. The van der Waals surface area contributed by atoms with Crippen molar-refractivity contribution in [2.24, 2.45) is 0 Å². The monoisotopic (exact) mass is 267 g/mol. The molecule has 0 radical (unpaired) electrons. The lowest BCUT2D eigenvalue weighted by molar-refractivity contribution is -0.143. The van der Waals surface area contributed by atoms with Crippen LogP contribution in [0.3, 0.4) is 0 Å². The molecule has 0 amide bonds. The van der Waals surface area contributed by atoms with Crippen LogP contribution in [0.25, 0.3) is 0 Å². The first kappa shape index (κ1) is 15.5. The molecule has 0 spiro atoms. The van der Waals surface area contributed by atoms with Gasteiger partial charge in [0.1, 0.15) is 5.75 Å². The Labute approximate surface area is 113 Å². The van der Waals surface area contributed by atoms with Gasteiger partial charge in [-0.1, -0.05) is 12.1 Å². The molecule has 0 fully saturated rings. The molecule has 0 saturated carbocycles. The average Bonchev–Trinajstić information content (AvgIpc) is 2.44. The van der Waals surface area contributed by atoms with Gasteiger partial charge in [0.2, 0.25) is 0 Å². The van der Waals surface area contributed by atoms with Crippen molar-refractivity contribution >= 4 is 5.97 Å². The molecule has 0 saturated heterocycles. The van der Waals surface area contributed by atoms with Gasteiger partial charge in [-0.15, -0.1) is 0 Å². The first-order chi connectivity index (χ1) is 9.17. The highest BCUT2D eigenvalue weighted by Gasteiger charge is 2.07. The van der Waals surface area contributed by atoms with Crippen molar-refractivity contribution in [3.05, 3.63) is 29.8 Å². The topological polar surface area (TPSA) is 67.8 Å². The van der Waals surface area contributed by atoms with Crippen LogP contribution in [0.2, 0.25) is 0 Å². The Balaban J connectivity index is 2.26. The summed E-state index contributed by atoms with van der Waals surface area (Å²) in [5.41, 5.74) is 0.810. The summed E-state index contributed by atoms with van der Waals surface area (Å²) < 4.78 is 9.85. The first-order valence-electron chi connectivity index (χ1n) is 6.35. The van der Waals surface area contributed by atoms with Crippen molar-refractivity contribution in [2.45, 2.75) is 19.4 Å². The molecule has 5 nitrogen and oxygen atoms in total. The van der Waals surface area contributed by atoms with Gasteiger partial charge in [-0.2, -0.15) is 0 Å². The molecule has 1 aromatic carbocycles. The molecule has 1 rings (SSSR count). The molecule has 0 aliphatic rings. The largest absolute Gasteiger partial charge is 0.497 e. The molecule has 106 valence electrons. The summed E-state index contributed by atoms with van der Waals surface area (Å²) >= 11 is 0. The minimum absolute atomic E-state index is 0.228. The molecular formula is C14H21NO4. The van der Waals surface area contributed by atoms with E-state index in [0.717, 1.165) is 11.3 Å². The molecule has 5 heteroatoms. The normalized spacial score (nSPS) is 11.9. The molecule has 0 aliphatic heterocycles. The number of carbonyl (C=O) groups is 1. The fourth-order valence-corrected chi connectivity index (χ4v) is 1.61. The number of esters is 1. The van der Waals surface area contributed by atoms with Crippen LogP contribution in [0, 0.1) is 0 Å². The van der Waals surface area contributed by atoms with E-state index in [2.05, 4.69) is 5.32 Å². The summed E-state index contributed by atoms with van der Waals surface area (Å²) in [5.74, 6) is 0.528. The lowest BCUT2D eigenvalue weighted by Crippen LogP contribution is -2.24. The van der Waals surface area contributed by atoms with Gasteiger partial charge in [0.05, 0.1) is 26.2 Å². The summed E-state index contributed by atoms with van der Waals surface area (Å²) in [6.07, 6.45) is -0.295. The Morgan fingerprint density at radius 3 is 2.63 bits per heavy atom. The highest BCUT2D eigenvalue weighted by Crippen LogP contribution is 2.16. The van der Waals surface area contributed by atoms with Crippen molar-refractivity contribution < 1.29 is 19.4 Å². The number of hydrogen-bond donors (Lipinski definition) is 2. The molecule has 1 unspecified atom stereocenters. The van der Waals surface area contributed by atoms with Crippen molar-refractivity contribution in [2.75, 3.05) is 26.8 Å². The number of aliphatic hydroxyl groups excluding tert-OH is 1. The van der Waals surface area contributed by atoms with Gasteiger partial charge in [-0.3, -0.25) is 4.79 Å². The van der Waals surface area contributed by atoms with Crippen LogP contribution < -0.4 is 10.1 Å². The molecule has 0 bridgehead atoms. The van der Waals surface area contributed by atoms with Gasteiger partial charge in [-0.05, 0) is 24.6 Å². The quantitative estimate of drug-likeness (QED) is 0.548. The van der Waals surface area contributed by atoms with Crippen molar-refractivity contribution in [3.63, 3.8) is 0 Å². The second kappa shape index (κ2) is 8.50. The molecular weight excluding hydrogens is 246 g/mol. The van der Waals surface area contributed by atoms with Crippen LogP contribution in [0.4, 0.5) is 0 Å². The highest BCUT2D eigenvalue weighted by atomic mass is 16.5. The summed E-state index contributed by atoms with van der Waals surface area (Å²) in [5, 5.41) is 13.0. The van der Waals surface area contributed by atoms with E-state index in [4.69, 9.17) is 9.47 Å². The van der Waals surface area contributed by atoms with Gasteiger partial charge in [-0.25, -0.2) is 0 Å². The lowest BCUT2D eigenvalue weighted by Gasteiger charge is -2.12. The SMILES string of the molecule is CCOC(=O)CCNCC(O)c1ccc(OC)cc1. The van der Waals surface area contributed by atoms with Crippen LogP contribution in [0.1, 0.15) is 25.0 Å². The Morgan fingerprint density at radius 1 is 1.37 bits per heavy atom. The molecule has 1 aromatic rings. The van der Waals surface area contributed by atoms with Crippen LogP contribution in [0.5, 0.6) is 5.75 Å². The maximum absolute atomic E-state index is 11.1. The number of carbonyl (C=O) groups excluding carboxylic acids is 1. The lowest BCUT2D eigenvalue weighted by atomic mass is 10.1. The minimum atomic E-state index is -0.604. The number of hydrogen-bond acceptors (Lipinski definition) is 5. The van der Waals surface area contributed by atoms with E-state index in [1.807, 2.05) is 12.1 Å². The van der Waals surface area contributed by atoms with Crippen LogP contribution in [-0.4, -0.2) is 37.9 Å². The maximum Gasteiger partial charge on any atom is 0.307 e. The summed E-state index contributed by atoms with van der Waals surface area (Å²) in [7, 11) is 1.60. The first-order valence-corrected chi connectivity index (χ1v) is 6.35. The molecule has 0 aromatic heterocycles. The van der Waals surface area contributed by atoms with Crippen molar-refractivity contribution in [1.82, 2.24) is 5.32 Å². The van der Waals surface area contributed by atoms with E-state index in [-0.39, 0.29) is 5.97 Å². The maximum atomic E-state index is 11.1. The van der Waals surface area contributed by atoms with Crippen molar-refractivity contribution in [3.8, 4) is 5.75 Å². The number of methoxy groups -OCH3 is 1. The van der Waals surface area contributed by atoms with E-state index in [9.17, 15) is 9.90 Å². The molecule has 19 heavy (non-hydrogen) atoms. The van der Waals surface area contributed by atoms with E-state index in [1.54, 1.807) is 26.2 Å². The Morgan fingerprint density at radius 2 is 2.05 bits per heavy atom. The number of ether oxygens (including phenoxy) is 2. The van der Waals surface area contributed by atoms with E-state index in [1.165, 1.54) is 0 Å². The van der Waals surface area contributed by atoms with E-state index >= 15 is 0 Å². The zero-order chi connectivity index (χ0) is 14.1. The summed E-state index contributed by atoms with van der Waals surface area (Å²) in [4.78, 5) is 11.1. The number of benzene rings is 1. The second-order valence-electron chi connectivity index (χ2n) is 4.05. The fourth-order valence-electron chi connectivity index (χ4n) is 1.61. The van der Waals surface area contributed by atoms with E-state index in [0.29, 0.717) is 26.1 Å². The van der Waals surface area contributed by atoms with Gasteiger partial charge in [0, 0.05) is 13.1 Å². The molecule has 0 heterocycles. The van der Waals surface area contributed by atoms with Crippen LogP contribution in [-0.2, 0) is 9.53 Å². The minimum Gasteiger partial charge on any atom is -0.497 e. The average molecular weight is 267 g/mol. The standard InChI is InChI=1S/C14H21NO4/c1-3-19-14(17)8-9-15-10-13(16)11-4-6-12(18-2)7-5-11/h4-7,13,15-16H,3,8-10H2,1-2H3.